The van der Waals surface area contributed by atoms with Crippen LogP contribution in [0.1, 0.15) is 13.3 Å². The quantitative estimate of drug-likeness (QED) is 0.473. The molecular weight excluding hydrogens is 206 g/mol. The van der Waals surface area contributed by atoms with E-state index in [0.717, 1.165) is 13.0 Å². The number of amides is 1. The average Bonchev–Trinajstić information content (AvgIpc) is 2.32. The Morgan fingerprint density at radius 1 is 1.91 bits per heavy atom. The third kappa shape index (κ3) is 1.57. The summed E-state index contributed by atoms with van der Waals surface area (Å²) >= 11 is 3.28. The van der Waals surface area contributed by atoms with E-state index in [1.807, 2.05) is 6.92 Å². The molecule has 1 rings (SSSR count). The molecule has 3 heteroatoms. The summed E-state index contributed by atoms with van der Waals surface area (Å²) in [4.78, 5) is 13.0. The Hall–Kier alpha value is -0.490. The van der Waals surface area contributed by atoms with Crippen molar-refractivity contribution < 1.29 is 4.79 Å². The molecule has 2 unspecified atom stereocenters. The molecular formula is C8H10BrNO. The molecule has 1 fully saturated rings. The van der Waals surface area contributed by atoms with E-state index in [-0.39, 0.29) is 16.8 Å². The molecule has 0 aromatic rings. The topological polar surface area (TPSA) is 20.3 Å². The first-order valence-electron chi connectivity index (χ1n) is 3.57. The number of nitrogens with zero attached hydrogens (tertiary/aromatic N) is 1. The summed E-state index contributed by atoms with van der Waals surface area (Å²) in [5, 5.41) is 0. The van der Waals surface area contributed by atoms with Gasteiger partial charge in [0.2, 0.25) is 5.91 Å². The van der Waals surface area contributed by atoms with Crippen LogP contribution in [0.5, 0.6) is 0 Å². The maximum Gasteiger partial charge on any atom is 0.237 e. The Labute approximate surface area is 75.1 Å². The number of carbonyl (C=O) groups excluding carboxylic acids is 1. The number of rotatable bonds is 1. The van der Waals surface area contributed by atoms with E-state index in [1.165, 1.54) is 0 Å². The van der Waals surface area contributed by atoms with Crippen molar-refractivity contribution in [2.75, 3.05) is 6.54 Å². The highest BCUT2D eigenvalue weighted by molar-refractivity contribution is 9.10. The summed E-state index contributed by atoms with van der Waals surface area (Å²) in [5.74, 6) is 2.66. The van der Waals surface area contributed by atoms with Crippen molar-refractivity contribution in [3.63, 3.8) is 0 Å². The molecule has 1 heterocycles. The van der Waals surface area contributed by atoms with Crippen LogP contribution in [0.25, 0.3) is 0 Å². The third-order valence-corrected chi connectivity index (χ3v) is 2.73. The van der Waals surface area contributed by atoms with Crippen molar-refractivity contribution in [2.24, 2.45) is 0 Å². The summed E-state index contributed by atoms with van der Waals surface area (Å²) < 4.78 is 0. The number of halogens is 1. The molecule has 1 aliphatic rings. The molecule has 0 saturated carbocycles. The van der Waals surface area contributed by atoms with E-state index in [4.69, 9.17) is 6.42 Å². The van der Waals surface area contributed by atoms with E-state index >= 15 is 0 Å². The molecule has 11 heavy (non-hydrogen) atoms. The van der Waals surface area contributed by atoms with E-state index < -0.39 is 0 Å². The molecule has 60 valence electrons. The number of likely N-dealkylation sites (tertiary alicyclic amines) is 1. The second kappa shape index (κ2) is 3.27. The van der Waals surface area contributed by atoms with Crippen molar-refractivity contribution >= 4 is 21.8 Å². The van der Waals surface area contributed by atoms with Gasteiger partial charge >= 0.3 is 0 Å². The fourth-order valence-corrected chi connectivity index (χ4v) is 1.61. The van der Waals surface area contributed by atoms with Crippen molar-refractivity contribution in [1.82, 2.24) is 4.90 Å². The first kappa shape index (κ1) is 8.61. The zero-order valence-electron chi connectivity index (χ0n) is 6.38. The predicted octanol–water partition coefficient (Wildman–Crippen LogP) is 1.00. The van der Waals surface area contributed by atoms with E-state index in [2.05, 4.69) is 21.9 Å². The lowest BCUT2D eigenvalue weighted by atomic mass is 10.3. The van der Waals surface area contributed by atoms with Gasteiger partial charge in [0.15, 0.2) is 0 Å². The summed E-state index contributed by atoms with van der Waals surface area (Å²) in [6, 6.07) is -0.0648. The molecule has 2 nitrogen and oxygen atoms in total. The molecule has 1 amide bonds. The van der Waals surface area contributed by atoms with Gasteiger partial charge in [-0.25, -0.2) is 0 Å². The minimum absolute atomic E-state index is 0.0155. The second-order valence-electron chi connectivity index (χ2n) is 2.63. The van der Waals surface area contributed by atoms with E-state index in [1.54, 1.807) is 4.90 Å². The van der Waals surface area contributed by atoms with Gasteiger partial charge in [0.25, 0.3) is 0 Å². The molecule has 0 aliphatic carbocycles. The van der Waals surface area contributed by atoms with Crippen LogP contribution in [0.4, 0.5) is 0 Å². The monoisotopic (exact) mass is 215 g/mol. The predicted molar refractivity (Wildman–Crippen MR) is 47.3 cm³/mol. The number of hydrogen-bond donors (Lipinski definition) is 0. The first-order valence-corrected chi connectivity index (χ1v) is 4.49. The SMILES string of the molecule is C#CC(C)N1CCC(Br)C1=O. The minimum atomic E-state index is -0.0648. The van der Waals surface area contributed by atoms with Gasteiger partial charge in [-0.3, -0.25) is 4.79 Å². The van der Waals surface area contributed by atoms with Gasteiger partial charge in [-0.2, -0.15) is 0 Å². The molecule has 0 aromatic heterocycles. The summed E-state index contributed by atoms with van der Waals surface area (Å²) in [6.45, 7) is 2.64. The molecule has 1 saturated heterocycles. The van der Waals surface area contributed by atoms with Crippen LogP contribution in [-0.4, -0.2) is 28.2 Å². The number of alkyl halides is 1. The van der Waals surface area contributed by atoms with Gasteiger partial charge in [-0.15, -0.1) is 6.42 Å². The van der Waals surface area contributed by atoms with Gasteiger partial charge in [0.05, 0.1) is 10.9 Å². The second-order valence-corrected chi connectivity index (χ2v) is 3.74. The maximum atomic E-state index is 11.3. The Balaban J connectivity index is 2.64. The molecule has 0 spiro atoms. The molecule has 2 atom stereocenters. The van der Waals surface area contributed by atoms with Crippen LogP contribution in [-0.2, 0) is 4.79 Å². The van der Waals surface area contributed by atoms with Gasteiger partial charge in [0, 0.05) is 6.54 Å². The number of hydrogen-bond acceptors (Lipinski definition) is 1. The highest BCUT2D eigenvalue weighted by atomic mass is 79.9. The van der Waals surface area contributed by atoms with Crippen LogP contribution in [0.2, 0.25) is 0 Å². The van der Waals surface area contributed by atoms with Crippen molar-refractivity contribution in [1.29, 1.82) is 0 Å². The highest BCUT2D eigenvalue weighted by Gasteiger charge is 2.31. The normalized spacial score (nSPS) is 26.8. The third-order valence-electron chi connectivity index (χ3n) is 1.88. The van der Waals surface area contributed by atoms with Crippen LogP contribution in [0.15, 0.2) is 0 Å². The zero-order valence-corrected chi connectivity index (χ0v) is 7.97. The van der Waals surface area contributed by atoms with Crippen molar-refractivity contribution in [3.8, 4) is 12.3 Å². The van der Waals surface area contributed by atoms with Crippen molar-refractivity contribution in [2.45, 2.75) is 24.2 Å². The van der Waals surface area contributed by atoms with Gasteiger partial charge in [0.1, 0.15) is 0 Å². The first-order chi connectivity index (χ1) is 5.16. The Morgan fingerprint density at radius 3 is 2.91 bits per heavy atom. The van der Waals surface area contributed by atoms with Gasteiger partial charge in [-0.05, 0) is 13.3 Å². The Morgan fingerprint density at radius 2 is 2.55 bits per heavy atom. The summed E-state index contributed by atoms with van der Waals surface area (Å²) in [6.07, 6.45) is 6.07. The molecule has 0 bridgehead atoms. The fraction of sp³-hybridized carbons (Fsp3) is 0.625. The Bertz CT molecular complexity index is 209. The number of carbonyl (C=O) groups is 1. The van der Waals surface area contributed by atoms with E-state index in [9.17, 15) is 4.79 Å². The smallest absolute Gasteiger partial charge is 0.237 e. The van der Waals surface area contributed by atoms with Gasteiger partial charge in [-0.1, -0.05) is 21.9 Å². The van der Waals surface area contributed by atoms with Gasteiger partial charge < -0.3 is 4.90 Å². The van der Waals surface area contributed by atoms with Crippen molar-refractivity contribution in [3.05, 3.63) is 0 Å². The lowest BCUT2D eigenvalue weighted by molar-refractivity contribution is -0.127. The zero-order chi connectivity index (χ0) is 8.43. The minimum Gasteiger partial charge on any atom is -0.328 e. The average molecular weight is 216 g/mol. The van der Waals surface area contributed by atoms with E-state index in [0.29, 0.717) is 0 Å². The van der Waals surface area contributed by atoms with Crippen LogP contribution < -0.4 is 0 Å². The number of terminal acetylenes is 1. The molecule has 1 aliphatic heterocycles. The molecule has 0 radical (unpaired) electrons. The highest BCUT2D eigenvalue weighted by Crippen LogP contribution is 2.19. The standard InChI is InChI=1S/C8H10BrNO/c1-3-6(2)10-5-4-7(9)8(10)11/h1,6-7H,4-5H2,2H3. The van der Waals surface area contributed by atoms with Crippen LogP contribution in [0.3, 0.4) is 0 Å². The van der Waals surface area contributed by atoms with Crippen LogP contribution >= 0.6 is 15.9 Å². The summed E-state index contributed by atoms with van der Waals surface area (Å²) in [7, 11) is 0. The Kier molecular flexibility index (Phi) is 2.56. The lowest BCUT2D eigenvalue weighted by Gasteiger charge is -2.18. The molecule has 0 N–H and O–H groups in total. The maximum absolute atomic E-state index is 11.3. The lowest BCUT2D eigenvalue weighted by Crippen LogP contribution is -2.34. The largest absolute Gasteiger partial charge is 0.328 e. The summed E-state index contributed by atoms with van der Waals surface area (Å²) in [5.41, 5.74) is 0. The van der Waals surface area contributed by atoms with Crippen LogP contribution in [0, 0.1) is 12.3 Å². The molecule has 0 aromatic carbocycles. The fourth-order valence-electron chi connectivity index (χ4n) is 1.14.